The maximum absolute atomic E-state index is 11.6. The van der Waals surface area contributed by atoms with Gasteiger partial charge in [-0.25, -0.2) is 4.79 Å². The molecule has 0 aliphatic heterocycles. The highest BCUT2D eigenvalue weighted by atomic mass is 16.4. The Labute approximate surface area is 118 Å². The van der Waals surface area contributed by atoms with Gasteiger partial charge < -0.3 is 18.7 Å². The van der Waals surface area contributed by atoms with Gasteiger partial charge in [0.25, 0.3) is 0 Å². The van der Waals surface area contributed by atoms with Crippen LogP contribution in [0.4, 0.5) is 0 Å². The van der Waals surface area contributed by atoms with Crippen molar-refractivity contribution in [1.29, 1.82) is 0 Å². The molecule has 1 aromatic carbocycles. The molecule has 5 heteroatoms. The monoisotopic (exact) mass is 283 g/mol. The van der Waals surface area contributed by atoms with E-state index in [0.29, 0.717) is 16.6 Å². The Hall–Kier alpha value is -2.56. The van der Waals surface area contributed by atoms with Gasteiger partial charge in [0.05, 0.1) is 11.5 Å². The van der Waals surface area contributed by atoms with Gasteiger partial charge in [0.2, 0.25) is 0 Å². The third-order valence-electron chi connectivity index (χ3n) is 4.05. The Morgan fingerprint density at radius 3 is 2.67 bits per heavy atom. The minimum Gasteiger partial charge on any atom is -0.545 e. The van der Waals surface area contributed by atoms with Crippen molar-refractivity contribution in [2.45, 2.75) is 25.7 Å². The average molecular weight is 283 g/mol. The van der Waals surface area contributed by atoms with E-state index in [2.05, 4.69) is 0 Å². The second kappa shape index (κ2) is 4.22. The van der Waals surface area contributed by atoms with E-state index in [4.69, 9.17) is 8.83 Å². The molecular formula is C16H11O5-. The lowest BCUT2D eigenvalue weighted by atomic mass is 9.94. The van der Waals surface area contributed by atoms with Gasteiger partial charge in [0.15, 0.2) is 0 Å². The van der Waals surface area contributed by atoms with E-state index in [1.54, 1.807) is 12.1 Å². The molecule has 3 aromatic rings. The molecule has 1 aliphatic carbocycles. The molecule has 0 unspecified atom stereocenters. The highest BCUT2D eigenvalue weighted by molar-refractivity contribution is 6.07. The summed E-state index contributed by atoms with van der Waals surface area (Å²) in [5, 5.41) is 12.5. The standard InChI is InChI=1S/C16H12O5/c17-15(18)10-7-9-12(21-16(10)19)5-6-13-14(9)8-3-1-2-4-11(8)20-13/h5-7H,1-4H2,(H,17,18)/p-1. The molecule has 5 nitrogen and oxygen atoms in total. The smallest absolute Gasteiger partial charge is 0.345 e. The molecule has 0 bridgehead atoms. The molecule has 106 valence electrons. The Morgan fingerprint density at radius 2 is 1.86 bits per heavy atom. The van der Waals surface area contributed by atoms with Gasteiger partial charge in [-0.1, -0.05) is 0 Å². The van der Waals surface area contributed by atoms with Crippen LogP contribution in [-0.2, 0) is 12.8 Å². The lowest BCUT2D eigenvalue weighted by molar-refractivity contribution is -0.255. The number of hydrogen-bond donors (Lipinski definition) is 0. The summed E-state index contributed by atoms with van der Waals surface area (Å²) < 4.78 is 11.0. The molecule has 2 heterocycles. The first-order valence-corrected chi connectivity index (χ1v) is 6.87. The van der Waals surface area contributed by atoms with Crippen LogP contribution in [0, 0.1) is 0 Å². The fraction of sp³-hybridized carbons (Fsp3) is 0.250. The van der Waals surface area contributed by atoms with Crippen LogP contribution in [0.5, 0.6) is 0 Å². The van der Waals surface area contributed by atoms with Crippen molar-refractivity contribution in [3.8, 4) is 0 Å². The number of carbonyl (C=O) groups is 1. The topological polar surface area (TPSA) is 83.5 Å². The van der Waals surface area contributed by atoms with E-state index in [1.807, 2.05) is 0 Å². The molecule has 0 saturated carbocycles. The molecule has 0 spiro atoms. The molecule has 0 radical (unpaired) electrons. The van der Waals surface area contributed by atoms with Crippen LogP contribution in [0.1, 0.15) is 34.5 Å². The van der Waals surface area contributed by atoms with Crippen LogP contribution in [0.3, 0.4) is 0 Å². The van der Waals surface area contributed by atoms with Crippen LogP contribution >= 0.6 is 0 Å². The molecule has 0 amide bonds. The first-order chi connectivity index (χ1) is 10.1. The quantitative estimate of drug-likeness (QED) is 0.636. The van der Waals surface area contributed by atoms with Gasteiger partial charge in [-0.3, -0.25) is 0 Å². The summed E-state index contributed by atoms with van der Waals surface area (Å²) in [5.74, 6) is -0.579. The highest BCUT2D eigenvalue weighted by Crippen LogP contribution is 2.36. The molecule has 4 rings (SSSR count). The van der Waals surface area contributed by atoms with Gasteiger partial charge in [-0.05, 0) is 37.5 Å². The molecule has 1 aliphatic rings. The number of aromatic carboxylic acids is 1. The Bertz CT molecular complexity index is 945. The zero-order chi connectivity index (χ0) is 14.6. The number of furan rings is 1. The van der Waals surface area contributed by atoms with Crippen molar-refractivity contribution < 1.29 is 18.7 Å². The maximum atomic E-state index is 11.6. The minimum absolute atomic E-state index is 0.367. The van der Waals surface area contributed by atoms with Crippen LogP contribution in [-0.4, -0.2) is 5.97 Å². The SMILES string of the molecule is O=C([O-])c1cc2c(ccc3oc4c(c32)CCCC4)oc1=O. The third-order valence-corrected chi connectivity index (χ3v) is 4.05. The fourth-order valence-electron chi connectivity index (χ4n) is 3.10. The van der Waals surface area contributed by atoms with Gasteiger partial charge >= 0.3 is 5.63 Å². The van der Waals surface area contributed by atoms with Gasteiger partial charge in [0, 0.05) is 22.8 Å². The number of aryl methyl sites for hydroxylation is 2. The van der Waals surface area contributed by atoms with Crippen molar-refractivity contribution >= 4 is 27.9 Å². The maximum Gasteiger partial charge on any atom is 0.345 e. The summed E-state index contributed by atoms with van der Waals surface area (Å²) >= 11 is 0. The fourth-order valence-corrected chi connectivity index (χ4v) is 3.10. The van der Waals surface area contributed by atoms with Gasteiger partial charge in [-0.2, -0.15) is 0 Å². The number of fused-ring (bicyclic) bond motifs is 5. The first-order valence-electron chi connectivity index (χ1n) is 6.87. The molecule has 2 aromatic heterocycles. The molecule has 0 N–H and O–H groups in total. The Balaban J connectivity index is 2.17. The summed E-state index contributed by atoms with van der Waals surface area (Å²) in [7, 11) is 0. The van der Waals surface area contributed by atoms with E-state index < -0.39 is 17.2 Å². The summed E-state index contributed by atoms with van der Waals surface area (Å²) in [6.07, 6.45) is 3.93. The van der Waals surface area contributed by atoms with Crippen LogP contribution < -0.4 is 10.7 Å². The van der Waals surface area contributed by atoms with Crippen molar-refractivity contribution in [1.82, 2.24) is 0 Å². The molecule has 0 fully saturated rings. The number of carboxylic acid groups (broad SMARTS) is 1. The summed E-state index contributed by atoms with van der Waals surface area (Å²) in [5.41, 5.74) is 0.819. The van der Waals surface area contributed by atoms with Crippen molar-refractivity contribution in [3.63, 3.8) is 0 Å². The van der Waals surface area contributed by atoms with E-state index in [1.165, 1.54) is 6.07 Å². The van der Waals surface area contributed by atoms with E-state index in [9.17, 15) is 14.7 Å². The summed E-state index contributed by atoms with van der Waals surface area (Å²) in [6, 6.07) is 4.73. The van der Waals surface area contributed by atoms with Crippen LogP contribution in [0.2, 0.25) is 0 Å². The van der Waals surface area contributed by atoms with Crippen molar-refractivity contribution in [2.75, 3.05) is 0 Å². The average Bonchev–Trinajstić information content (AvgIpc) is 2.85. The van der Waals surface area contributed by atoms with Gasteiger partial charge in [-0.15, -0.1) is 0 Å². The Kier molecular flexibility index (Phi) is 2.45. The second-order valence-corrected chi connectivity index (χ2v) is 5.30. The molecular weight excluding hydrogens is 272 g/mol. The number of rotatable bonds is 1. The molecule has 21 heavy (non-hydrogen) atoms. The van der Waals surface area contributed by atoms with Gasteiger partial charge in [0.1, 0.15) is 16.9 Å². The Morgan fingerprint density at radius 1 is 1.10 bits per heavy atom. The van der Waals surface area contributed by atoms with E-state index in [-0.39, 0.29) is 0 Å². The largest absolute Gasteiger partial charge is 0.545 e. The molecule has 0 saturated heterocycles. The second-order valence-electron chi connectivity index (χ2n) is 5.30. The first kappa shape index (κ1) is 12.2. The highest BCUT2D eigenvalue weighted by Gasteiger charge is 2.20. The summed E-state index contributed by atoms with van der Waals surface area (Å²) in [6.45, 7) is 0. The van der Waals surface area contributed by atoms with Crippen molar-refractivity contribution in [3.05, 3.63) is 45.5 Å². The minimum atomic E-state index is -1.53. The third kappa shape index (κ3) is 1.70. The lowest BCUT2D eigenvalue weighted by Crippen LogP contribution is -2.28. The number of benzene rings is 1. The normalized spacial score (nSPS) is 14.5. The van der Waals surface area contributed by atoms with E-state index in [0.717, 1.165) is 42.4 Å². The van der Waals surface area contributed by atoms with Crippen LogP contribution in [0.25, 0.3) is 21.9 Å². The molecule has 0 atom stereocenters. The lowest BCUT2D eigenvalue weighted by Gasteiger charge is -2.09. The van der Waals surface area contributed by atoms with E-state index >= 15 is 0 Å². The zero-order valence-electron chi connectivity index (χ0n) is 11.1. The van der Waals surface area contributed by atoms with Crippen molar-refractivity contribution in [2.24, 2.45) is 0 Å². The number of carboxylic acids is 1. The number of carbonyl (C=O) groups excluding carboxylic acids is 1. The summed E-state index contributed by atoms with van der Waals surface area (Å²) in [4.78, 5) is 22.7. The predicted octanol–water partition coefficient (Wildman–Crippen LogP) is 1.78. The predicted molar refractivity (Wildman–Crippen MR) is 73.2 cm³/mol. The zero-order valence-corrected chi connectivity index (χ0v) is 11.1. The van der Waals surface area contributed by atoms with Crippen LogP contribution in [0.15, 0.2) is 31.8 Å². The number of hydrogen-bond acceptors (Lipinski definition) is 5.